The molecule has 0 fully saturated rings. The maximum absolute atomic E-state index is 11.0. The topological polar surface area (TPSA) is 61.8 Å². The molecule has 0 amide bonds. The molecule has 0 unspecified atom stereocenters. The molecule has 0 spiro atoms. The van der Waals surface area contributed by atoms with E-state index in [4.69, 9.17) is 9.47 Å². The van der Waals surface area contributed by atoms with Crippen LogP contribution in [0.4, 0.5) is 0 Å². The lowest BCUT2D eigenvalue weighted by atomic mass is 10.2. The number of halogens is 1. The lowest BCUT2D eigenvalue weighted by molar-refractivity contribution is -0.142. The maximum atomic E-state index is 11.0. The van der Waals surface area contributed by atoms with Crippen molar-refractivity contribution < 1.29 is 23.8 Å². The molecular formula is C12H13BrO5. The van der Waals surface area contributed by atoms with Crippen LogP contribution in [0.1, 0.15) is 17.3 Å². The quantitative estimate of drug-likeness (QED) is 0.595. The van der Waals surface area contributed by atoms with E-state index in [1.54, 1.807) is 12.1 Å². The minimum atomic E-state index is -0.493. The van der Waals surface area contributed by atoms with E-state index in [9.17, 15) is 9.59 Å². The lowest BCUT2D eigenvalue weighted by Crippen LogP contribution is -2.13. The van der Waals surface area contributed by atoms with Crippen LogP contribution in [0.5, 0.6) is 11.5 Å². The van der Waals surface area contributed by atoms with E-state index in [2.05, 4.69) is 20.7 Å². The molecule has 0 radical (unpaired) electrons. The molecule has 0 N–H and O–H groups in total. The fraction of sp³-hybridized carbons (Fsp3) is 0.333. The Kier molecular flexibility index (Phi) is 5.64. The summed E-state index contributed by atoms with van der Waals surface area (Å²) in [5, 5.41) is 0. The summed E-state index contributed by atoms with van der Waals surface area (Å²) in [6.07, 6.45) is 0.705. The summed E-state index contributed by atoms with van der Waals surface area (Å²) in [4.78, 5) is 21.8. The summed E-state index contributed by atoms with van der Waals surface area (Å²) in [6.45, 7) is 2.02. The zero-order valence-electron chi connectivity index (χ0n) is 10.1. The highest BCUT2D eigenvalue weighted by atomic mass is 79.9. The molecule has 0 heterocycles. The smallest absolute Gasteiger partial charge is 0.343 e. The SMILES string of the molecule is CCOc1cc(C=O)c(Br)cc1OCC(=O)OC. The van der Waals surface area contributed by atoms with Gasteiger partial charge in [-0.05, 0) is 35.0 Å². The number of carbonyl (C=O) groups excluding carboxylic acids is 2. The largest absolute Gasteiger partial charge is 0.490 e. The van der Waals surface area contributed by atoms with Crippen LogP contribution in [0.15, 0.2) is 16.6 Å². The van der Waals surface area contributed by atoms with Gasteiger partial charge in [-0.15, -0.1) is 0 Å². The number of esters is 1. The zero-order valence-corrected chi connectivity index (χ0v) is 11.7. The second kappa shape index (κ2) is 7.00. The van der Waals surface area contributed by atoms with Crippen molar-refractivity contribution in [1.29, 1.82) is 0 Å². The Bertz CT molecular complexity index is 444. The van der Waals surface area contributed by atoms with Crippen LogP contribution in [0, 0.1) is 0 Å². The lowest BCUT2D eigenvalue weighted by Gasteiger charge is -2.12. The fourth-order valence-electron chi connectivity index (χ4n) is 1.22. The Morgan fingerprint density at radius 1 is 1.33 bits per heavy atom. The highest BCUT2D eigenvalue weighted by Crippen LogP contribution is 2.33. The van der Waals surface area contributed by atoms with Gasteiger partial charge in [0, 0.05) is 10.0 Å². The summed E-state index contributed by atoms with van der Waals surface area (Å²) < 4.78 is 15.7. The summed E-state index contributed by atoms with van der Waals surface area (Å²) >= 11 is 3.23. The molecule has 0 aliphatic rings. The van der Waals surface area contributed by atoms with E-state index >= 15 is 0 Å². The maximum Gasteiger partial charge on any atom is 0.343 e. The number of hydrogen-bond donors (Lipinski definition) is 0. The molecule has 0 bridgehead atoms. The molecule has 0 atom stereocenters. The number of hydrogen-bond acceptors (Lipinski definition) is 5. The van der Waals surface area contributed by atoms with Crippen molar-refractivity contribution in [1.82, 2.24) is 0 Å². The first-order valence-electron chi connectivity index (χ1n) is 5.23. The standard InChI is InChI=1S/C12H13BrO5/c1-3-17-10-4-8(6-14)9(13)5-11(10)18-7-12(15)16-2/h4-6H,3,7H2,1-2H3. The Labute approximate surface area is 113 Å². The molecule has 18 heavy (non-hydrogen) atoms. The minimum Gasteiger partial charge on any atom is -0.490 e. The van der Waals surface area contributed by atoms with E-state index in [1.165, 1.54) is 7.11 Å². The van der Waals surface area contributed by atoms with Gasteiger partial charge in [0.05, 0.1) is 13.7 Å². The minimum absolute atomic E-state index is 0.219. The first-order chi connectivity index (χ1) is 8.62. The third-order valence-electron chi connectivity index (χ3n) is 2.06. The number of carbonyl (C=O) groups is 2. The molecule has 5 nitrogen and oxygen atoms in total. The second-order valence-corrected chi connectivity index (χ2v) is 4.09. The van der Waals surface area contributed by atoms with Gasteiger partial charge in [-0.3, -0.25) is 4.79 Å². The summed E-state index contributed by atoms with van der Waals surface area (Å²) in [6, 6.07) is 3.13. The molecule has 1 rings (SSSR count). The summed E-state index contributed by atoms with van der Waals surface area (Å²) in [5.41, 5.74) is 0.448. The van der Waals surface area contributed by atoms with Crippen LogP contribution in [0.25, 0.3) is 0 Å². The predicted molar refractivity (Wildman–Crippen MR) is 68.2 cm³/mol. The van der Waals surface area contributed by atoms with Gasteiger partial charge in [-0.1, -0.05) is 0 Å². The Balaban J connectivity index is 2.97. The number of ether oxygens (including phenoxy) is 3. The number of rotatable bonds is 6. The number of benzene rings is 1. The van der Waals surface area contributed by atoms with Gasteiger partial charge in [0.25, 0.3) is 0 Å². The van der Waals surface area contributed by atoms with Gasteiger partial charge < -0.3 is 14.2 Å². The Morgan fingerprint density at radius 2 is 2.00 bits per heavy atom. The molecular weight excluding hydrogens is 304 g/mol. The van der Waals surface area contributed by atoms with Crippen LogP contribution < -0.4 is 9.47 Å². The average Bonchev–Trinajstić information content (AvgIpc) is 2.38. The molecule has 0 saturated heterocycles. The number of methoxy groups -OCH3 is 1. The highest BCUT2D eigenvalue weighted by molar-refractivity contribution is 9.10. The van der Waals surface area contributed by atoms with Gasteiger partial charge in [0.15, 0.2) is 24.4 Å². The molecule has 0 aliphatic carbocycles. The normalized spacial score (nSPS) is 9.72. The third kappa shape index (κ3) is 3.73. The van der Waals surface area contributed by atoms with E-state index in [-0.39, 0.29) is 6.61 Å². The van der Waals surface area contributed by atoms with Crippen molar-refractivity contribution in [3.05, 3.63) is 22.2 Å². The first-order valence-corrected chi connectivity index (χ1v) is 6.02. The molecule has 98 valence electrons. The van der Waals surface area contributed by atoms with Crippen molar-refractivity contribution in [3.8, 4) is 11.5 Å². The van der Waals surface area contributed by atoms with Gasteiger partial charge in [0.1, 0.15) is 0 Å². The molecule has 1 aromatic rings. The monoisotopic (exact) mass is 316 g/mol. The van der Waals surface area contributed by atoms with Crippen LogP contribution in [-0.4, -0.2) is 32.6 Å². The van der Waals surface area contributed by atoms with Crippen LogP contribution in [0.2, 0.25) is 0 Å². The van der Waals surface area contributed by atoms with Gasteiger partial charge in [0.2, 0.25) is 0 Å². The molecule has 0 saturated carbocycles. The van der Waals surface area contributed by atoms with Crippen LogP contribution >= 0.6 is 15.9 Å². The van der Waals surface area contributed by atoms with Crippen molar-refractivity contribution in [2.45, 2.75) is 6.92 Å². The van der Waals surface area contributed by atoms with Gasteiger partial charge >= 0.3 is 5.97 Å². The van der Waals surface area contributed by atoms with Gasteiger partial charge in [-0.2, -0.15) is 0 Å². The van der Waals surface area contributed by atoms with E-state index in [1.807, 2.05) is 6.92 Å². The van der Waals surface area contributed by atoms with E-state index in [0.29, 0.717) is 34.4 Å². The Hall–Kier alpha value is -1.56. The fourth-order valence-corrected chi connectivity index (χ4v) is 1.63. The average molecular weight is 317 g/mol. The predicted octanol–water partition coefficient (Wildman–Crippen LogP) is 2.21. The van der Waals surface area contributed by atoms with Crippen molar-refractivity contribution in [3.63, 3.8) is 0 Å². The van der Waals surface area contributed by atoms with E-state index in [0.717, 1.165) is 0 Å². The van der Waals surface area contributed by atoms with Crippen LogP contribution in [-0.2, 0) is 9.53 Å². The molecule has 0 aliphatic heterocycles. The zero-order chi connectivity index (χ0) is 13.5. The summed E-state index contributed by atoms with van der Waals surface area (Å²) in [5.74, 6) is 0.291. The van der Waals surface area contributed by atoms with Crippen molar-refractivity contribution in [2.75, 3.05) is 20.3 Å². The van der Waals surface area contributed by atoms with E-state index < -0.39 is 5.97 Å². The van der Waals surface area contributed by atoms with Crippen molar-refractivity contribution in [2.24, 2.45) is 0 Å². The molecule has 6 heteroatoms. The summed E-state index contributed by atoms with van der Waals surface area (Å²) in [7, 11) is 1.28. The second-order valence-electron chi connectivity index (χ2n) is 3.24. The first kappa shape index (κ1) is 14.5. The van der Waals surface area contributed by atoms with Gasteiger partial charge in [-0.25, -0.2) is 4.79 Å². The molecule has 1 aromatic carbocycles. The van der Waals surface area contributed by atoms with Crippen molar-refractivity contribution >= 4 is 28.2 Å². The highest BCUT2D eigenvalue weighted by Gasteiger charge is 2.12. The van der Waals surface area contributed by atoms with Crippen LogP contribution in [0.3, 0.4) is 0 Å². The number of aldehydes is 1. The Morgan fingerprint density at radius 3 is 2.56 bits per heavy atom. The third-order valence-corrected chi connectivity index (χ3v) is 2.75. The molecule has 0 aromatic heterocycles.